The number of ether oxygens (including phenoxy) is 1. The van der Waals surface area contributed by atoms with Gasteiger partial charge < -0.3 is 9.84 Å². The van der Waals surface area contributed by atoms with Crippen LogP contribution in [-0.4, -0.2) is 5.11 Å². The summed E-state index contributed by atoms with van der Waals surface area (Å²) in [5, 5.41) is 19.2. The first kappa shape index (κ1) is 12.6. The van der Waals surface area contributed by atoms with Gasteiger partial charge in [0.2, 0.25) is 0 Å². The number of nitrogens with zero attached hydrogens (tertiary/aromatic N) is 1. The maximum absolute atomic E-state index is 9.69. The minimum atomic E-state index is -0.134. The van der Waals surface area contributed by atoms with E-state index in [1.54, 1.807) is 18.2 Å². The zero-order valence-corrected chi connectivity index (χ0v) is 10.5. The maximum Gasteiger partial charge on any atom is 0.169 e. The van der Waals surface area contributed by atoms with E-state index >= 15 is 0 Å². The van der Waals surface area contributed by atoms with Crippen LogP contribution in [0.5, 0.6) is 17.2 Å². The lowest BCUT2D eigenvalue weighted by Crippen LogP contribution is -1.87. The van der Waals surface area contributed by atoms with E-state index in [2.05, 4.69) is 0 Å². The van der Waals surface area contributed by atoms with Crippen molar-refractivity contribution in [1.29, 1.82) is 5.26 Å². The van der Waals surface area contributed by atoms with Crippen LogP contribution in [0.4, 0.5) is 0 Å². The quantitative estimate of drug-likeness (QED) is 0.889. The monoisotopic (exact) mass is 279 g/mol. The minimum Gasteiger partial charge on any atom is -0.504 e. The van der Waals surface area contributed by atoms with Gasteiger partial charge >= 0.3 is 0 Å². The van der Waals surface area contributed by atoms with Crippen LogP contribution in [0.15, 0.2) is 36.4 Å². The van der Waals surface area contributed by atoms with E-state index < -0.39 is 0 Å². The summed E-state index contributed by atoms with van der Waals surface area (Å²) in [6, 6.07) is 11.0. The molecule has 2 aromatic carbocycles. The van der Waals surface area contributed by atoms with Crippen LogP contribution in [0.3, 0.4) is 0 Å². The minimum absolute atomic E-state index is 0.134. The Morgan fingerprint density at radius 3 is 2.50 bits per heavy atom. The Hall–Kier alpha value is -1.89. The lowest BCUT2D eigenvalue weighted by Gasteiger charge is -2.09. The largest absolute Gasteiger partial charge is 0.504 e. The second kappa shape index (κ2) is 5.18. The molecular formula is C13H7Cl2NO2. The molecule has 0 unspecified atom stereocenters. The summed E-state index contributed by atoms with van der Waals surface area (Å²) < 4.78 is 5.44. The van der Waals surface area contributed by atoms with Crippen LogP contribution in [0, 0.1) is 11.3 Å². The molecule has 5 heteroatoms. The number of phenols is 1. The molecule has 2 rings (SSSR count). The zero-order valence-electron chi connectivity index (χ0n) is 9.02. The van der Waals surface area contributed by atoms with E-state index in [-0.39, 0.29) is 11.5 Å². The van der Waals surface area contributed by atoms with E-state index in [1.807, 2.05) is 6.07 Å². The van der Waals surface area contributed by atoms with E-state index in [4.69, 9.17) is 33.2 Å². The number of hydrogen-bond donors (Lipinski definition) is 1. The summed E-state index contributed by atoms with van der Waals surface area (Å²) in [5.74, 6) is 0.410. The van der Waals surface area contributed by atoms with Crippen molar-refractivity contribution >= 4 is 23.2 Å². The van der Waals surface area contributed by atoms with E-state index in [1.165, 1.54) is 18.2 Å². The molecular weight excluding hydrogens is 273 g/mol. The second-order valence-electron chi connectivity index (χ2n) is 3.47. The molecule has 0 saturated heterocycles. The normalized spacial score (nSPS) is 9.83. The fourth-order valence-electron chi connectivity index (χ4n) is 1.35. The van der Waals surface area contributed by atoms with Crippen molar-refractivity contribution in [1.82, 2.24) is 0 Å². The molecule has 1 N–H and O–H groups in total. The summed E-state index contributed by atoms with van der Waals surface area (Å²) in [7, 11) is 0. The molecule has 0 fully saturated rings. The molecule has 0 aliphatic carbocycles. The molecule has 0 aliphatic heterocycles. The molecule has 0 spiro atoms. The Morgan fingerprint density at radius 1 is 1.06 bits per heavy atom. The number of aromatic hydroxyl groups is 1. The first-order valence-electron chi connectivity index (χ1n) is 4.96. The highest BCUT2D eigenvalue weighted by molar-refractivity contribution is 6.34. The molecule has 0 heterocycles. The first-order valence-corrected chi connectivity index (χ1v) is 5.72. The molecule has 0 bridgehead atoms. The van der Waals surface area contributed by atoms with Crippen molar-refractivity contribution in [2.24, 2.45) is 0 Å². The van der Waals surface area contributed by atoms with Crippen molar-refractivity contribution in [3.63, 3.8) is 0 Å². The van der Waals surface area contributed by atoms with Gasteiger partial charge in [-0.3, -0.25) is 0 Å². The van der Waals surface area contributed by atoms with Gasteiger partial charge in [0.25, 0.3) is 0 Å². The fraction of sp³-hybridized carbons (Fsp3) is 0. The number of halogens is 2. The van der Waals surface area contributed by atoms with Crippen molar-refractivity contribution in [2.45, 2.75) is 0 Å². The molecule has 3 nitrogen and oxygen atoms in total. The maximum atomic E-state index is 9.69. The van der Waals surface area contributed by atoms with Crippen LogP contribution < -0.4 is 4.74 Å². The van der Waals surface area contributed by atoms with Gasteiger partial charge in [-0.25, -0.2) is 0 Å². The summed E-state index contributed by atoms with van der Waals surface area (Å²) in [5.41, 5.74) is 0.344. The number of nitriles is 1. The molecule has 0 saturated carbocycles. The average Bonchev–Trinajstić information content (AvgIpc) is 2.36. The molecule has 0 aliphatic rings. The van der Waals surface area contributed by atoms with Gasteiger partial charge in [-0.2, -0.15) is 5.26 Å². The van der Waals surface area contributed by atoms with Gasteiger partial charge in [-0.15, -0.1) is 0 Å². The molecule has 90 valence electrons. The third kappa shape index (κ3) is 2.67. The van der Waals surface area contributed by atoms with E-state index in [0.717, 1.165) is 0 Å². The molecule has 18 heavy (non-hydrogen) atoms. The molecule has 0 radical (unpaired) electrons. The number of hydrogen-bond acceptors (Lipinski definition) is 3. The van der Waals surface area contributed by atoms with Gasteiger partial charge in [-0.05, 0) is 24.3 Å². The summed E-state index contributed by atoms with van der Waals surface area (Å²) in [6.07, 6.45) is 0. The standard InChI is InChI=1S/C13H7Cl2NO2/c14-9-2-3-10(15)13(6-9)18-12-4-1-8(7-16)5-11(12)17/h1-6,17H. The van der Waals surface area contributed by atoms with Crippen molar-refractivity contribution in [3.05, 3.63) is 52.0 Å². The van der Waals surface area contributed by atoms with Gasteiger partial charge in [0, 0.05) is 17.2 Å². The van der Waals surface area contributed by atoms with Crippen molar-refractivity contribution in [3.8, 4) is 23.3 Å². The third-order valence-electron chi connectivity index (χ3n) is 2.20. The Labute approximate surface area is 114 Å². The molecule has 0 atom stereocenters. The Balaban J connectivity index is 2.34. The summed E-state index contributed by atoms with van der Waals surface area (Å²) >= 11 is 11.8. The van der Waals surface area contributed by atoms with Crippen LogP contribution in [0.2, 0.25) is 10.0 Å². The SMILES string of the molecule is N#Cc1ccc(Oc2cc(Cl)ccc2Cl)c(O)c1. The zero-order chi connectivity index (χ0) is 13.1. The van der Waals surface area contributed by atoms with E-state index in [0.29, 0.717) is 21.4 Å². The Kier molecular flexibility index (Phi) is 3.61. The van der Waals surface area contributed by atoms with Gasteiger partial charge in [-0.1, -0.05) is 23.2 Å². The fourth-order valence-corrected chi connectivity index (χ4v) is 1.67. The third-order valence-corrected chi connectivity index (χ3v) is 2.75. The second-order valence-corrected chi connectivity index (χ2v) is 4.31. The predicted octanol–water partition coefficient (Wildman–Crippen LogP) is 4.36. The number of phenolic OH excluding ortho intramolecular Hbond substituents is 1. The average molecular weight is 280 g/mol. The van der Waals surface area contributed by atoms with Crippen LogP contribution in [0.25, 0.3) is 0 Å². The molecule has 0 amide bonds. The van der Waals surface area contributed by atoms with Crippen LogP contribution in [0.1, 0.15) is 5.56 Å². The number of benzene rings is 2. The van der Waals surface area contributed by atoms with Gasteiger partial charge in [0.1, 0.15) is 5.75 Å². The predicted molar refractivity (Wildman–Crippen MR) is 69.4 cm³/mol. The van der Waals surface area contributed by atoms with Crippen molar-refractivity contribution < 1.29 is 9.84 Å². The van der Waals surface area contributed by atoms with E-state index in [9.17, 15) is 5.11 Å². The van der Waals surface area contributed by atoms with Gasteiger partial charge in [0.15, 0.2) is 11.5 Å². The van der Waals surface area contributed by atoms with Crippen LogP contribution >= 0.6 is 23.2 Å². The van der Waals surface area contributed by atoms with Crippen molar-refractivity contribution in [2.75, 3.05) is 0 Å². The van der Waals surface area contributed by atoms with Crippen LogP contribution in [-0.2, 0) is 0 Å². The highest BCUT2D eigenvalue weighted by atomic mass is 35.5. The first-order chi connectivity index (χ1) is 8.60. The van der Waals surface area contributed by atoms with Gasteiger partial charge in [0.05, 0.1) is 16.7 Å². The smallest absolute Gasteiger partial charge is 0.169 e. The Morgan fingerprint density at radius 2 is 1.83 bits per heavy atom. The lowest BCUT2D eigenvalue weighted by molar-refractivity contribution is 0.411. The Bertz CT molecular complexity index is 635. The number of rotatable bonds is 2. The topological polar surface area (TPSA) is 53.2 Å². The highest BCUT2D eigenvalue weighted by Crippen LogP contribution is 2.36. The summed E-state index contributed by atoms with van der Waals surface area (Å²) in [4.78, 5) is 0. The highest BCUT2D eigenvalue weighted by Gasteiger charge is 2.08. The lowest BCUT2D eigenvalue weighted by atomic mass is 10.2. The summed E-state index contributed by atoms with van der Waals surface area (Å²) in [6.45, 7) is 0. The molecule has 2 aromatic rings. The molecule has 0 aromatic heterocycles.